The van der Waals surface area contributed by atoms with E-state index in [9.17, 15) is 9.50 Å². The van der Waals surface area contributed by atoms with Gasteiger partial charge in [-0.3, -0.25) is 0 Å². The van der Waals surface area contributed by atoms with Crippen molar-refractivity contribution in [3.05, 3.63) is 48.3 Å². The molecule has 0 aliphatic carbocycles. The monoisotopic (exact) mass is 218 g/mol. The number of methoxy groups -OCH3 is 1. The van der Waals surface area contributed by atoms with Crippen molar-refractivity contribution in [3.63, 3.8) is 0 Å². The van der Waals surface area contributed by atoms with Gasteiger partial charge in [-0.05, 0) is 23.8 Å². The van der Waals surface area contributed by atoms with Gasteiger partial charge < -0.3 is 9.84 Å². The molecule has 0 atom stereocenters. The van der Waals surface area contributed by atoms with Crippen LogP contribution in [0.5, 0.6) is 11.5 Å². The van der Waals surface area contributed by atoms with Gasteiger partial charge in [0, 0.05) is 5.56 Å². The largest absolute Gasteiger partial charge is 0.504 e. The smallest absolute Gasteiger partial charge is 0.165 e. The van der Waals surface area contributed by atoms with E-state index < -0.39 is 0 Å². The van der Waals surface area contributed by atoms with Crippen LogP contribution < -0.4 is 4.74 Å². The highest BCUT2D eigenvalue weighted by molar-refractivity contribution is 5.73. The first kappa shape index (κ1) is 10.5. The fourth-order valence-corrected chi connectivity index (χ4v) is 1.55. The number of rotatable bonds is 2. The van der Waals surface area contributed by atoms with E-state index in [4.69, 9.17) is 4.74 Å². The standard InChI is InChI=1S/C13H11FO2/c1-16-12-4-2-3-11(13(12)15)9-5-7-10(14)8-6-9/h2-8,15H,1H3. The van der Waals surface area contributed by atoms with Crippen molar-refractivity contribution in [3.8, 4) is 22.6 Å². The van der Waals surface area contributed by atoms with Gasteiger partial charge in [0.05, 0.1) is 7.11 Å². The van der Waals surface area contributed by atoms with Crippen LogP contribution in [0, 0.1) is 5.82 Å². The van der Waals surface area contributed by atoms with Crippen LogP contribution in [0.25, 0.3) is 11.1 Å². The maximum Gasteiger partial charge on any atom is 0.165 e. The molecule has 2 nitrogen and oxygen atoms in total. The van der Waals surface area contributed by atoms with Gasteiger partial charge in [-0.25, -0.2) is 4.39 Å². The minimum Gasteiger partial charge on any atom is -0.504 e. The summed E-state index contributed by atoms with van der Waals surface area (Å²) in [6, 6.07) is 11.1. The minimum absolute atomic E-state index is 0.0663. The highest BCUT2D eigenvalue weighted by Gasteiger charge is 2.08. The number of ether oxygens (including phenoxy) is 1. The molecule has 0 heterocycles. The first-order valence-corrected chi connectivity index (χ1v) is 4.84. The molecule has 0 unspecified atom stereocenters. The van der Waals surface area contributed by atoms with Gasteiger partial charge in [-0.15, -0.1) is 0 Å². The van der Waals surface area contributed by atoms with Crippen molar-refractivity contribution >= 4 is 0 Å². The van der Waals surface area contributed by atoms with Crippen molar-refractivity contribution in [2.45, 2.75) is 0 Å². The van der Waals surface area contributed by atoms with E-state index in [1.54, 1.807) is 30.3 Å². The van der Waals surface area contributed by atoms with Gasteiger partial charge >= 0.3 is 0 Å². The Kier molecular flexibility index (Phi) is 2.77. The number of phenolic OH excluding ortho intramolecular Hbond substituents is 1. The summed E-state index contributed by atoms with van der Waals surface area (Å²) in [5.41, 5.74) is 1.37. The zero-order chi connectivity index (χ0) is 11.5. The zero-order valence-corrected chi connectivity index (χ0v) is 8.77. The topological polar surface area (TPSA) is 29.5 Å². The van der Waals surface area contributed by atoms with Gasteiger partial charge in [-0.1, -0.05) is 24.3 Å². The molecule has 1 N–H and O–H groups in total. The quantitative estimate of drug-likeness (QED) is 0.838. The maximum atomic E-state index is 12.8. The van der Waals surface area contributed by atoms with E-state index in [0.29, 0.717) is 11.3 Å². The van der Waals surface area contributed by atoms with Crippen molar-refractivity contribution < 1.29 is 14.2 Å². The molecule has 0 saturated carbocycles. The second-order valence-corrected chi connectivity index (χ2v) is 3.36. The lowest BCUT2D eigenvalue weighted by Gasteiger charge is -2.08. The summed E-state index contributed by atoms with van der Waals surface area (Å²) in [4.78, 5) is 0. The van der Waals surface area contributed by atoms with Crippen LogP contribution in [0.4, 0.5) is 4.39 Å². The molecule has 0 aliphatic heterocycles. The molecule has 0 saturated heterocycles. The fraction of sp³-hybridized carbons (Fsp3) is 0.0769. The molecule has 0 bridgehead atoms. The van der Waals surface area contributed by atoms with E-state index in [2.05, 4.69) is 0 Å². The Morgan fingerprint density at radius 1 is 1.06 bits per heavy atom. The Bertz CT molecular complexity index is 492. The lowest BCUT2D eigenvalue weighted by Crippen LogP contribution is -1.86. The molecule has 82 valence electrons. The molecule has 0 radical (unpaired) electrons. The highest BCUT2D eigenvalue weighted by Crippen LogP contribution is 2.36. The van der Waals surface area contributed by atoms with E-state index >= 15 is 0 Å². The number of para-hydroxylation sites is 1. The van der Waals surface area contributed by atoms with Crippen molar-refractivity contribution in [2.75, 3.05) is 7.11 Å². The summed E-state index contributed by atoms with van der Waals surface area (Å²) in [7, 11) is 1.49. The highest BCUT2D eigenvalue weighted by atomic mass is 19.1. The number of hydrogen-bond donors (Lipinski definition) is 1. The van der Waals surface area contributed by atoms with E-state index in [1.165, 1.54) is 19.2 Å². The lowest BCUT2D eigenvalue weighted by atomic mass is 10.0. The van der Waals surface area contributed by atoms with Crippen LogP contribution in [-0.2, 0) is 0 Å². The minimum atomic E-state index is -0.300. The molecule has 0 fully saturated rings. The molecule has 16 heavy (non-hydrogen) atoms. The average molecular weight is 218 g/mol. The van der Waals surface area contributed by atoms with Crippen LogP contribution >= 0.6 is 0 Å². The van der Waals surface area contributed by atoms with Gasteiger partial charge in [0.2, 0.25) is 0 Å². The number of aromatic hydroxyl groups is 1. The molecule has 2 aromatic carbocycles. The molecular weight excluding hydrogens is 207 g/mol. The molecular formula is C13H11FO2. The van der Waals surface area contributed by atoms with Crippen molar-refractivity contribution in [1.29, 1.82) is 0 Å². The molecule has 3 heteroatoms. The third-order valence-corrected chi connectivity index (χ3v) is 2.37. The van der Waals surface area contributed by atoms with Gasteiger partial charge in [-0.2, -0.15) is 0 Å². The van der Waals surface area contributed by atoms with Crippen LogP contribution in [0.15, 0.2) is 42.5 Å². The maximum absolute atomic E-state index is 12.8. The number of phenols is 1. The van der Waals surface area contributed by atoms with Gasteiger partial charge in [0.25, 0.3) is 0 Å². The Hall–Kier alpha value is -2.03. The number of hydrogen-bond acceptors (Lipinski definition) is 2. The number of halogens is 1. The lowest BCUT2D eigenvalue weighted by molar-refractivity contribution is 0.374. The van der Waals surface area contributed by atoms with Crippen molar-refractivity contribution in [2.24, 2.45) is 0 Å². The van der Waals surface area contributed by atoms with Gasteiger partial charge in [0.15, 0.2) is 11.5 Å². The predicted octanol–water partition coefficient (Wildman–Crippen LogP) is 3.21. The Morgan fingerprint density at radius 3 is 2.38 bits per heavy atom. The normalized spacial score (nSPS) is 10.1. The zero-order valence-electron chi connectivity index (χ0n) is 8.77. The van der Waals surface area contributed by atoms with Crippen LogP contribution in [0.3, 0.4) is 0 Å². The van der Waals surface area contributed by atoms with Crippen LogP contribution in [0.2, 0.25) is 0 Å². The first-order valence-electron chi connectivity index (χ1n) is 4.84. The van der Waals surface area contributed by atoms with Gasteiger partial charge in [0.1, 0.15) is 5.82 Å². The summed E-state index contributed by atoms with van der Waals surface area (Å²) >= 11 is 0. The molecule has 2 aromatic rings. The predicted molar refractivity (Wildman–Crippen MR) is 60.1 cm³/mol. The van der Waals surface area contributed by atoms with E-state index in [-0.39, 0.29) is 11.6 Å². The summed E-state index contributed by atoms with van der Waals surface area (Å²) in [6.45, 7) is 0. The Morgan fingerprint density at radius 2 is 1.75 bits per heavy atom. The summed E-state index contributed by atoms with van der Waals surface area (Å²) in [5.74, 6) is 0.171. The Balaban J connectivity index is 2.51. The van der Waals surface area contributed by atoms with Crippen molar-refractivity contribution in [1.82, 2.24) is 0 Å². The second-order valence-electron chi connectivity index (χ2n) is 3.36. The first-order chi connectivity index (χ1) is 7.72. The SMILES string of the molecule is COc1cccc(-c2ccc(F)cc2)c1O. The number of benzene rings is 2. The Labute approximate surface area is 92.9 Å². The molecule has 0 amide bonds. The molecule has 2 rings (SSSR count). The molecule has 0 aromatic heterocycles. The van der Waals surface area contributed by atoms with Crippen LogP contribution in [0.1, 0.15) is 0 Å². The summed E-state index contributed by atoms with van der Waals surface area (Å²) in [5, 5.41) is 9.89. The molecule has 0 spiro atoms. The third kappa shape index (κ3) is 1.84. The third-order valence-electron chi connectivity index (χ3n) is 2.37. The second kappa shape index (κ2) is 4.23. The summed E-state index contributed by atoms with van der Waals surface area (Å²) in [6.07, 6.45) is 0. The van der Waals surface area contributed by atoms with E-state index in [1.807, 2.05) is 0 Å². The summed E-state index contributed by atoms with van der Waals surface area (Å²) < 4.78 is 17.8. The van der Waals surface area contributed by atoms with E-state index in [0.717, 1.165) is 5.56 Å². The average Bonchev–Trinajstić information content (AvgIpc) is 2.31. The fourth-order valence-electron chi connectivity index (χ4n) is 1.55. The molecule has 0 aliphatic rings. The van der Waals surface area contributed by atoms with Crippen LogP contribution in [-0.4, -0.2) is 12.2 Å².